The first-order valence-electron chi connectivity index (χ1n) is 5.93. The van der Waals surface area contributed by atoms with Gasteiger partial charge in [-0.3, -0.25) is 4.98 Å². The Morgan fingerprint density at radius 3 is 2.94 bits per heavy atom. The molecule has 1 aromatic heterocycles. The van der Waals surface area contributed by atoms with Crippen molar-refractivity contribution in [2.75, 3.05) is 5.88 Å². The van der Waals surface area contributed by atoms with E-state index in [4.69, 9.17) is 11.6 Å². The summed E-state index contributed by atoms with van der Waals surface area (Å²) in [5, 5.41) is 4.66. The van der Waals surface area contributed by atoms with E-state index in [-0.39, 0.29) is 0 Å². The largest absolute Gasteiger partial charge is 0.310 e. The number of benzene rings is 1. The molecule has 2 aromatic rings. The Hall–Kier alpha value is -1.12. The van der Waals surface area contributed by atoms with Gasteiger partial charge in [0.05, 0.1) is 5.52 Å². The van der Waals surface area contributed by atoms with Gasteiger partial charge in [-0.15, -0.1) is 11.6 Å². The van der Waals surface area contributed by atoms with Crippen LogP contribution < -0.4 is 5.32 Å². The van der Waals surface area contributed by atoms with Crippen molar-refractivity contribution in [2.24, 2.45) is 0 Å². The maximum Gasteiger partial charge on any atom is 0.0746 e. The van der Waals surface area contributed by atoms with Gasteiger partial charge in [0.15, 0.2) is 0 Å². The number of nitrogens with one attached hydrogen (secondary N) is 1. The normalized spacial score (nSPS) is 12.8. The molecule has 0 amide bonds. The molecule has 2 rings (SSSR count). The zero-order chi connectivity index (χ0) is 12.1. The number of fused-ring (bicyclic) bond motifs is 1. The van der Waals surface area contributed by atoms with Crippen LogP contribution in [0.3, 0.4) is 0 Å². The fourth-order valence-electron chi connectivity index (χ4n) is 1.86. The van der Waals surface area contributed by atoms with Crippen molar-refractivity contribution >= 4 is 22.5 Å². The van der Waals surface area contributed by atoms with E-state index in [9.17, 15) is 0 Å². The van der Waals surface area contributed by atoms with E-state index in [2.05, 4.69) is 41.5 Å². The monoisotopic (exact) mass is 248 g/mol. The standard InChI is InChI=1S/C14H17ClN2/c1-11(7-8-15)17-10-13-5-2-4-12-6-3-9-16-14(12)13/h2-6,9,11,17H,7-8,10H2,1H3. The van der Waals surface area contributed by atoms with Crippen LogP contribution in [0.25, 0.3) is 10.9 Å². The molecule has 1 N–H and O–H groups in total. The van der Waals surface area contributed by atoms with Crippen LogP contribution in [0.5, 0.6) is 0 Å². The molecule has 0 bridgehead atoms. The summed E-state index contributed by atoms with van der Waals surface area (Å²) in [6.45, 7) is 2.99. The van der Waals surface area contributed by atoms with E-state index in [1.807, 2.05) is 12.3 Å². The van der Waals surface area contributed by atoms with Crippen molar-refractivity contribution in [3.8, 4) is 0 Å². The second kappa shape index (κ2) is 5.99. The molecular formula is C14H17ClN2. The van der Waals surface area contributed by atoms with Crippen molar-refractivity contribution in [2.45, 2.75) is 25.9 Å². The van der Waals surface area contributed by atoms with Gasteiger partial charge in [-0.2, -0.15) is 0 Å². The van der Waals surface area contributed by atoms with E-state index < -0.39 is 0 Å². The first kappa shape index (κ1) is 12.3. The van der Waals surface area contributed by atoms with Crippen LogP contribution in [-0.2, 0) is 6.54 Å². The minimum Gasteiger partial charge on any atom is -0.310 e. The SMILES string of the molecule is CC(CCCl)NCc1cccc2cccnc12. The Morgan fingerprint density at radius 1 is 1.29 bits per heavy atom. The molecule has 1 unspecified atom stereocenters. The highest BCUT2D eigenvalue weighted by Gasteiger charge is 2.04. The minimum atomic E-state index is 0.437. The molecule has 17 heavy (non-hydrogen) atoms. The quantitative estimate of drug-likeness (QED) is 0.821. The molecule has 1 aromatic carbocycles. The number of alkyl halides is 1. The average Bonchev–Trinajstić information content (AvgIpc) is 2.36. The average molecular weight is 249 g/mol. The molecule has 1 heterocycles. The van der Waals surface area contributed by atoms with Crippen LogP contribution >= 0.6 is 11.6 Å². The summed E-state index contributed by atoms with van der Waals surface area (Å²) in [6.07, 6.45) is 2.83. The maximum absolute atomic E-state index is 5.72. The van der Waals surface area contributed by atoms with Gasteiger partial charge in [-0.25, -0.2) is 0 Å². The molecular weight excluding hydrogens is 232 g/mol. The molecule has 0 fully saturated rings. The Morgan fingerprint density at radius 2 is 2.12 bits per heavy atom. The highest BCUT2D eigenvalue weighted by Crippen LogP contribution is 2.15. The zero-order valence-corrected chi connectivity index (χ0v) is 10.7. The van der Waals surface area contributed by atoms with E-state index in [0.717, 1.165) is 18.5 Å². The number of hydrogen-bond donors (Lipinski definition) is 1. The van der Waals surface area contributed by atoms with Gasteiger partial charge >= 0.3 is 0 Å². The molecule has 0 radical (unpaired) electrons. The fourth-order valence-corrected chi connectivity index (χ4v) is 2.19. The zero-order valence-electron chi connectivity index (χ0n) is 9.99. The number of nitrogens with zero attached hydrogens (tertiary/aromatic N) is 1. The smallest absolute Gasteiger partial charge is 0.0746 e. The number of rotatable bonds is 5. The van der Waals surface area contributed by atoms with E-state index in [1.165, 1.54) is 10.9 Å². The predicted molar refractivity (Wildman–Crippen MR) is 73.4 cm³/mol. The van der Waals surface area contributed by atoms with Crippen molar-refractivity contribution in [1.29, 1.82) is 0 Å². The molecule has 1 atom stereocenters. The third-order valence-corrected chi connectivity index (χ3v) is 3.12. The predicted octanol–water partition coefficient (Wildman–Crippen LogP) is 3.34. The number of pyridine rings is 1. The summed E-state index contributed by atoms with van der Waals surface area (Å²) in [6, 6.07) is 10.8. The Balaban J connectivity index is 2.13. The van der Waals surface area contributed by atoms with Crippen LogP contribution in [0.2, 0.25) is 0 Å². The summed E-state index contributed by atoms with van der Waals surface area (Å²) >= 11 is 5.72. The maximum atomic E-state index is 5.72. The molecule has 0 saturated carbocycles. The van der Waals surface area contributed by atoms with E-state index in [0.29, 0.717) is 11.9 Å². The molecule has 90 valence electrons. The highest BCUT2D eigenvalue weighted by molar-refractivity contribution is 6.17. The van der Waals surface area contributed by atoms with Gasteiger partial charge in [0, 0.05) is 30.0 Å². The first-order valence-corrected chi connectivity index (χ1v) is 6.46. The lowest BCUT2D eigenvalue weighted by atomic mass is 10.1. The van der Waals surface area contributed by atoms with Crippen molar-refractivity contribution in [3.63, 3.8) is 0 Å². The number of halogens is 1. The summed E-state index contributed by atoms with van der Waals surface area (Å²) in [4.78, 5) is 4.44. The van der Waals surface area contributed by atoms with Gasteiger partial charge in [0.2, 0.25) is 0 Å². The van der Waals surface area contributed by atoms with Gasteiger partial charge in [0.25, 0.3) is 0 Å². The Bertz CT molecular complexity index is 479. The van der Waals surface area contributed by atoms with E-state index >= 15 is 0 Å². The molecule has 0 spiro atoms. The lowest BCUT2D eigenvalue weighted by Crippen LogP contribution is -2.25. The second-order valence-electron chi connectivity index (χ2n) is 4.25. The van der Waals surface area contributed by atoms with Crippen LogP contribution in [0.4, 0.5) is 0 Å². The molecule has 3 heteroatoms. The van der Waals surface area contributed by atoms with Crippen molar-refractivity contribution in [3.05, 3.63) is 42.1 Å². The number of para-hydroxylation sites is 1. The minimum absolute atomic E-state index is 0.437. The van der Waals surface area contributed by atoms with Crippen molar-refractivity contribution in [1.82, 2.24) is 10.3 Å². The molecule has 0 saturated heterocycles. The topological polar surface area (TPSA) is 24.9 Å². The van der Waals surface area contributed by atoms with Gasteiger partial charge < -0.3 is 5.32 Å². The van der Waals surface area contributed by atoms with Gasteiger partial charge in [-0.1, -0.05) is 24.3 Å². The molecule has 2 nitrogen and oxygen atoms in total. The van der Waals surface area contributed by atoms with Crippen molar-refractivity contribution < 1.29 is 0 Å². The number of hydrogen-bond acceptors (Lipinski definition) is 2. The fraction of sp³-hybridized carbons (Fsp3) is 0.357. The van der Waals surface area contributed by atoms with Gasteiger partial charge in [-0.05, 0) is 25.0 Å². The third kappa shape index (κ3) is 3.18. The van der Waals surface area contributed by atoms with Crippen LogP contribution in [0.15, 0.2) is 36.5 Å². The second-order valence-corrected chi connectivity index (χ2v) is 4.63. The highest BCUT2D eigenvalue weighted by atomic mass is 35.5. The van der Waals surface area contributed by atoms with Crippen LogP contribution in [0.1, 0.15) is 18.9 Å². The summed E-state index contributed by atoms with van der Waals surface area (Å²) in [7, 11) is 0. The Kier molecular flexibility index (Phi) is 4.35. The molecule has 0 aliphatic carbocycles. The lowest BCUT2D eigenvalue weighted by molar-refractivity contribution is 0.537. The summed E-state index contributed by atoms with van der Waals surface area (Å²) in [5.74, 6) is 0.696. The summed E-state index contributed by atoms with van der Waals surface area (Å²) < 4.78 is 0. The lowest BCUT2D eigenvalue weighted by Gasteiger charge is -2.13. The van der Waals surface area contributed by atoms with Crippen LogP contribution in [0, 0.1) is 0 Å². The van der Waals surface area contributed by atoms with E-state index in [1.54, 1.807) is 0 Å². The third-order valence-electron chi connectivity index (χ3n) is 2.90. The van der Waals surface area contributed by atoms with Crippen LogP contribution in [-0.4, -0.2) is 16.9 Å². The molecule has 0 aliphatic rings. The summed E-state index contributed by atoms with van der Waals surface area (Å²) in [5.41, 5.74) is 2.32. The molecule has 0 aliphatic heterocycles. The first-order chi connectivity index (χ1) is 8.31. The number of aromatic nitrogens is 1. The van der Waals surface area contributed by atoms with Gasteiger partial charge in [0.1, 0.15) is 0 Å². The Labute approximate surface area is 107 Å².